The molecule has 0 fully saturated rings. The minimum absolute atomic E-state index is 0.164. The molecule has 2 aromatic heterocycles. The van der Waals surface area contributed by atoms with Crippen LogP contribution in [0.1, 0.15) is 5.56 Å². The first kappa shape index (κ1) is 10.9. The van der Waals surface area contributed by atoms with Crippen LogP contribution in [0.2, 0.25) is 0 Å². The first-order valence-corrected chi connectivity index (χ1v) is 6.15. The Kier molecular flexibility index (Phi) is 2.56. The van der Waals surface area contributed by atoms with Gasteiger partial charge in [0.2, 0.25) is 5.82 Å². The van der Waals surface area contributed by atoms with Gasteiger partial charge in [-0.2, -0.15) is 4.98 Å². The van der Waals surface area contributed by atoms with E-state index in [0.717, 1.165) is 10.4 Å². The summed E-state index contributed by atoms with van der Waals surface area (Å²) in [7, 11) is 0. The van der Waals surface area contributed by atoms with Gasteiger partial charge in [0.15, 0.2) is 0 Å². The summed E-state index contributed by atoms with van der Waals surface area (Å²) in [5.41, 5.74) is 3.01. The van der Waals surface area contributed by atoms with E-state index in [1.807, 2.05) is 19.1 Å². The lowest BCUT2D eigenvalue weighted by atomic mass is 10.1. The lowest BCUT2D eigenvalue weighted by molar-refractivity contribution is 0.425. The van der Waals surface area contributed by atoms with Crippen molar-refractivity contribution in [3.05, 3.63) is 35.5 Å². The lowest BCUT2D eigenvalue weighted by Gasteiger charge is -2.01. The summed E-state index contributed by atoms with van der Waals surface area (Å²) >= 11 is 1.43. The molecular formula is C12H9N3O2S. The highest BCUT2D eigenvalue weighted by molar-refractivity contribution is 7.13. The van der Waals surface area contributed by atoms with Gasteiger partial charge in [-0.25, -0.2) is 0 Å². The van der Waals surface area contributed by atoms with E-state index in [1.165, 1.54) is 11.3 Å². The average molecular weight is 259 g/mol. The van der Waals surface area contributed by atoms with E-state index in [4.69, 9.17) is 4.52 Å². The molecule has 0 radical (unpaired) electrons. The van der Waals surface area contributed by atoms with Gasteiger partial charge in [0.25, 0.3) is 5.89 Å². The number of aryl methyl sites for hydroxylation is 1. The van der Waals surface area contributed by atoms with E-state index < -0.39 is 0 Å². The minimum atomic E-state index is 0.164. The predicted octanol–water partition coefficient (Wildman–Crippen LogP) is 2.87. The molecule has 2 heterocycles. The molecule has 90 valence electrons. The molecule has 6 heteroatoms. The van der Waals surface area contributed by atoms with Gasteiger partial charge in [0, 0.05) is 6.20 Å². The van der Waals surface area contributed by atoms with E-state index in [-0.39, 0.29) is 5.75 Å². The number of benzene rings is 1. The number of phenolic OH excluding ortho intramolecular Hbond substituents is 1. The van der Waals surface area contributed by atoms with Crippen molar-refractivity contribution >= 4 is 11.3 Å². The summed E-state index contributed by atoms with van der Waals surface area (Å²) in [5, 5.41) is 13.8. The van der Waals surface area contributed by atoms with Crippen LogP contribution in [0.4, 0.5) is 0 Å². The van der Waals surface area contributed by atoms with Crippen LogP contribution in [0, 0.1) is 6.92 Å². The van der Waals surface area contributed by atoms with Crippen molar-refractivity contribution in [2.45, 2.75) is 6.92 Å². The topological polar surface area (TPSA) is 72.0 Å². The number of para-hydroxylation sites is 1. The number of hydrogen-bond donors (Lipinski definition) is 1. The first-order valence-electron chi connectivity index (χ1n) is 5.27. The Balaban J connectivity index is 2.06. The third-order valence-electron chi connectivity index (χ3n) is 2.55. The molecule has 5 nitrogen and oxygen atoms in total. The summed E-state index contributed by atoms with van der Waals surface area (Å²) in [6, 6.07) is 5.40. The summed E-state index contributed by atoms with van der Waals surface area (Å²) in [6.07, 6.45) is 1.68. The fourth-order valence-electron chi connectivity index (χ4n) is 1.59. The van der Waals surface area contributed by atoms with Gasteiger partial charge in [-0.15, -0.1) is 11.3 Å². The number of nitrogens with zero attached hydrogens (tertiary/aromatic N) is 3. The van der Waals surface area contributed by atoms with Crippen molar-refractivity contribution in [3.8, 4) is 27.9 Å². The molecular weight excluding hydrogens is 250 g/mol. The highest BCUT2D eigenvalue weighted by atomic mass is 32.1. The van der Waals surface area contributed by atoms with Crippen LogP contribution < -0.4 is 0 Å². The summed E-state index contributed by atoms with van der Waals surface area (Å²) in [6.45, 7) is 1.82. The molecule has 3 rings (SSSR count). The van der Waals surface area contributed by atoms with Crippen LogP contribution in [0.15, 0.2) is 34.4 Å². The third-order valence-corrected chi connectivity index (χ3v) is 3.32. The highest BCUT2D eigenvalue weighted by Gasteiger charge is 2.15. The van der Waals surface area contributed by atoms with Crippen LogP contribution in [0.3, 0.4) is 0 Å². The second-order valence-corrected chi connectivity index (χ2v) is 4.65. The van der Waals surface area contributed by atoms with Gasteiger partial charge in [-0.1, -0.05) is 17.3 Å². The molecule has 3 aromatic rings. The second kappa shape index (κ2) is 4.23. The summed E-state index contributed by atoms with van der Waals surface area (Å²) < 4.78 is 5.17. The van der Waals surface area contributed by atoms with Gasteiger partial charge >= 0.3 is 0 Å². The largest absolute Gasteiger partial charge is 0.507 e. The molecule has 0 bridgehead atoms. The molecule has 0 amide bonds. The number of rotatable bonds is 2. The van der Waals surface area contributed by atoms with Gasteiger partial charge < -0.3 is 9.63 Å². The molecule has 1 aromatic carbocycles. The zero-order valence-corrected chi connectivity index (χ0v) is 10.3. The van der Waals surface area contributed by atoms with Crippen molar-refractivity contribution < 1.29 is 9.63 Å². The summed E-state index contributed by atoms with van der Waals surface area (Å²) in [4.78, 5) is 9.05. The zero-order valence-electron chi connectivity index (χ0n) is 9.49. The highest BCUT2D eigenvalue weighted by Crippen LogP contribution is 2.32. The Morgan fingerprint density at radius 2 is 2.22 bits per heavy atom. The van der Waals surface area contributed by atoms with Crippen LogP contribution in [0.5, 0.6) is 5.75 Å². The molecule has 1 N–H and O–H groups in total. The fraction of sp³-hybridized carbons (Fsp3) is 0.0833. The molecule has 0 aliphatic rings. The van der Waals surface area contributed by atoms with E-state index in [0.29, 0.717) is 17.3 Å². The quantitative estimate of drug-likeness (QED) is 0.766. The van der Waals surface area contributed by atoms with E-state index in [1.54, 1.807) is 17.8 Å². The first-order chi connectivity index (χ1) is 8.75. The molecule has 18 heavy (non-hydrogen) atoms. The molecule has 0 unspecified atom stereocenters. The van der Waals surface area contributed by atoms with Crippen LogP contribution >= 0.6 is 11.3 Å². The maximum Gasteiger partial charge on any atom is 0.262 e. The van der Waals surface area contributed by atoms with Crippen LogP contribution in [-0.4, -0.2) is 20.2 Å². The molecule has 0 saturated heterocycles. The number of thiazole rings is 1. The monoisotopic (exact) mass is 259 g/mol. The lowest BCUT2D eigenvalue weighted by Crippen LogP contribution is -1.82. The SMILES string of the molecule is Cc1cccc(-c2nc(-c3cncs3)no2)c1O. The molecule has 0 atom stereocenters. The van der Waals surface area contributed by atoms with Gasteiger partial charge in [-0.3, -0.25) is 4.98 Å². The average Bonchev–Trinajstić information content (AvgIpc) is 3.01. The molecule has 0 aliphatic heterocycles. The minimum Gasteiger partial charge on any atom is -0.507 e. The maximum atomic E-state index is 9.95. The van der Waals surface area contributed by atoms with E-state index in [2.05, 4.69) is 15.1 Å². The molecule has 0 aliphatic carbocycles. The fourth-order valence-corrected chi connectivity index (χ4v) is 2.14. The second-order valence-electron chi connectivity index (χ2n) is 3.76. The Bertz CT molecular complexity index is 676. The summed E-state index contributed by atoms with van der Waals surface area (Å²) in [5.74, 6) is 0.949. The van der Waals surface area contributed by atoms with Crippen molar-refractivity contribution in [2.24, 2.45) is 0 Å². The Morgan fingerprint density at radius 3 is 3.00 bits per heavy atom. The Morgan fingerprint density at radius 1 is 1.33 bits per heavy atom. The van der Waals surface area contributed by atoms with E-state index in [9.17, 15) is 5.11 Å². The van der Waals surface area contributed by atoms with E-state index >= 15 is 0 Å². The Hall–Kier alpha value is -2.21. The smallest absolute Gasteiger partial charge is 0.262 e. The van der Waals surface area contributed by atoms with Crippen molar-refractivity contribution in [3.63, 3.8) is 0 Å². The van der Waals surface area contributed by atoms with Crippen LogP contribution in [-0.2, 0) is 0 Å². The molecule has 0 spiro atoms. The van der Waals surface area contributed by atoms with Crippen molar-refractivity contribution in [1.82, 2.24) is 15.1 Å². The zero-order chi connectivity index (χ0) is 12.5. The predicted molar refractivity (Wildman–Crippen MR) is 67.2 cm³/mol. The third kappa shape index (κ3) is 1.76. The van der Waals surface area contributed by atoms with Gasteiger partial charge in [-0.05, 0) is 18.6 Å². The van der Waals surface area contributed by atoms with Gasteiger partial charge in [0.05, 0.1) is 16.0 Å². The van der Waals surface area contributed by atoms with Crippen molar-refractivity contribution in [1.29, 1.82) is 0 Å². The normalized spacial score (nSPS) is 10.7. The number of phenols is 1. The maximum absolute atomic E-state index is 9.95. The van der Waals surface area contributed by atoms with Crippen LogP contribution in [0.25, 0.3) is 22.2 Å². The number of aromatic nitrogens is 3. The molecule has 0 saturated carbocycles. The number of hydrogen-bond acceptors (Lipinski definition) is 6. The van der Waals surface area contributed by atoms with Gasteiger partial charge in [0.1, 0.15) is 5.75 Å². The standard InChI is InChI=1S/C12H9N3O2S/c1-7-3-2-4-8(10(7)16)12-14-11(15-17-12)9-5-13-6-18-9/h2-6,16H,1H3. The van der Waals surface area contributed by atoms with Crippen molar-refractivity contribution in [2.75, 3.05) is 0 Å². The number of aromatic hydroxyl groups is 1. The Labute approximate surface area is 107 Å².